The van der Waals surface area contributed by atoms with Gasteiger partial charge < -0.3 is 20.1 Å². The summed E-state index contributed by atoms with van der Waals surface area (Å²) in [5.74, 6) is 0. The molecular formula is C15H23N3O3. The molecule has 1 aliphatic rings. The predicted molar refractivity (Wildman–Crippen MR) is 79.9 cm³/mol. The number of rotatable bonds is 2. The zero-order valence-corrected chi connectivity index (χ0v) is 12.8. The number of pyridine rings is 1. The van der Waals surface area contributed by atoms with Gasteiger partial charge in [0.25, 0.3) is 0 Å². The molecule has 1 aromatic heterocycles. The van der Waals surface area contributed by atoms with Gasteiger partial charge in [0.05, 0.1) is 19.3 Å². The van der Waals surface area contributed by atoms with Gasteiger partial charge in [-0.25, -0.2) is 4.79 Å². The number of carbonyl (C=O) groups excluding carboxylic acids is 1. The van der Waals surface area contributed by atoms with E-state index >= 15 is 0 Å². The molecule has 0 radical (unpaired) electrons. The quantitative estimate of drug-likeness (QED) is 0.900. The van der Waals surface area contributed by atoms with Crippen LogP contribution in [-0.4, -0.2) is 47.4 Å². The Balaban J connectivity index is 2.06. The molecule has 2 rings (SSSR count). The lowest BCUT2D eigenvalue weighted by atomic mass is 10.1. The van der Waals surface area contributed by atoms with E-state index in [1.54, 1.807) is 17.2 Å². The highest BCUT2D eigenvalue weighted by Crippen LogP contribution is 2.17. The number of amides is 1. The molecule has 1 aromatic rings. The Labute approximate surface area is 125 Å². The fourth-order valence-electron chi connectivity index (χ4n) is 2.23. The van der Waals surface area contributed by atoms with Crippen LogP contribution >= 0.6 is 0 Å². The highest BCUT2D eigenvalue weighted by atomic mass is 16.6. The predicted octanol–water partition coefficient (Wildman–Crippen LogP) is 1.84. The van der Waals surface area contributed by atoms with Crippen LogP contribution in [0, 0.1) is 0 Å². The van der Waals surface area contributed by atoms with E-state index in [4.69, 9.17) is 15.2 Å². The van der Waals surface area contributed by atoms with E-state index in [1.807, 2.05) is 26.8 Å². The summed E-state index contributed by atoms with van der Waals surface area (Å²) in [7, 11) is 0. The lowest BCUT2D eigenvalue weighted by Gasteiger charge is -2.36. The van der Waals surface area contributed by atoms with E-state index in [-0.39, 0.29) is 12.1 Å². The maximum Gasteiger partial charge on any atom is 0.410 e. The molecule has 2 heterocycles. The number of ether oxygens (including phenoxy) is 2. The van der Waals surface area contributed by atoms with E-state index in [1.165, 1.54) is 0 Å². The van der Waals surface area contributed by atoms with Crippen molar-refractivity contribution in [1.29, 1.82) is 0 Å². The molecule has 21 heavy (non-hydrogen) atoms. The van der Waals surface area contributed by atoms with Crippen molar-refractivity contribution in [3.8, 4) is 0 Å². The van der Waals surface area contributed by atoms with Crippen LogP contribution in [0.5, 0.6) is 0 Å². The Morgan fingerprint density at radius 2 is 2.33 bits per heavy atom. The summed E-state index contributed by atoms with van der Waals surface area (Å²) in [6.45, 7) is 7.12. The molecule has 1 saturated heterocycles. The molecule has 0 aromatic carbocycles. The zero-order valence-electron chi connectivity index (χ0n) is 12.8. The van der Waals surface area contributed by atoms with Crippen LogP contribution < -0.4 is 5.73 Å². The van der Waals surface area contributed by atoms with Gasteiger partial charge in [0.15, 0.2) is 0 Å². The Hall–Kier alpha value is -1.82. The minimum atomic E-state index is -0.505. The number of nitrogens with zero attached hydrogens (tertiary/aromatic N) is 2. The van der Waals surface area contributed by atoms with E-state index in [2.05, 4.69) is 4.98 Å². The van der Waals surface area contributed by atoms with Gasteiger partial charge in [0.2, 0.25) is 0 Å². The standard InChI is InChI=1S/C15H23N3O3/c1-15(2,3)21-14(19)18-6-7-20-10-13(18)9-12-8-11(16)4-5-17-12/h4-5,8,13H,6-7,9-10H2,1-3H3,(H2,16,17). The number of morpholine rings is 1. The molecule has 0 spiro atoms. The summed E-state index contributed by atoms with van der Waals surface area (Å²) in [4.78, 5) is 18.3. The molecule has 1 atom stereocenters. The molecule has 0 bridgehead atoms. The number of hydrogen-bond acceptors (Lipinski definition) is 5. The molecule has 1 unspecified atom stereocenters. The number of anilines is 1. The summed E-state index contributed by atoms with van der Waals surface area (Å²) < 4.78 is 10.9. The Morgan fingerprint density at radius 3 is 3.00 bits per heavy atom. The lowest BCUT2D eigenvalue weighted by Crippen LogP contribution is -2.51. The SMILES string of the molecule is CC(C)(C)OC(=O)N1CCOCC1Cc1cc(N)ccn1. The Morgan fingerprint density at radius 1 is 1.57 bits per heavy atom. The molecule has 1 fully saturated rings. The molecule has 1 amide bonds. The fourth-order valence-corrected chi connectivity index (χ4v) is 2.23. The van der Waals surface area contributed by atoms with Crippen molar-refractivity contribution in [2.75, 3.05) is 25.5 Å². The van der Waals surface area contributed by atoms with Crippen LogP contribution in [-0.2, 0) is 15.9 Å². The van der Waals surface area contributed by atoms with E-state index in [0.717, 1.165) is 5.69 Å². The highest BCUT2D eigenvalue weighted by Gasteiger charge is 2.31. The molecule has 0 aliphatic carbocycles. The van der Waals surface area contributed by atoms with Gasteiger partial charge in [0, 0.05) is 30.5 Å². The molecule has 116 valence electrons. The first-order valence-corrected chi connectivity index (χ1v) is 7.13. The average Bonchev–Trinajstić information content (AvgIpc) is 2.37. The van der Waals surface area contributed by atoms with Gasteiger partial charge in [0.1, 0.15) is 5.60 Å². The third-order valence-electron chi connectivity index (χ3n) is 3.14. The number of carbonyl (C=O) groups is 1. The van der Waals surface area contributed by atoms with Gasteiger partial charge in [-0.2, -0.15) is 0 Å². The van der Waals surface area contributed by atoms with Crippen LogP contribution in [0.4, 0.5) is 10.5 Å². The third-order valence-corrected chi connectivity index (χ3v) is 3.14. The first-order valence-electron chi connectivity index (χ1n) is 7.13. The van der Waals surface area contributed by atoms with Crippen LogP contribution in [0.3, 0.4) is 0 Å². The first kappa shape index (κ1) is 15.6. The van der Waals surface area contributed by atoms with Crippen molar-refractivity contribution in [3.63, 3.8) is 0 Å². The van der Waals surface area contributed by atoms with Crippen molar-refractivity contribution in [1.82, 2.24) is 9.88 Å². The smallest absolute Gasteiger partial charge is 0.410 e. The van der Waals surface area contributed by atoms with Gasteiger partial charge in [-0.05, 0) is 32.9 Å². The maximum atomic E-state index is 12.3. The van der Waals surface area contributed by atoms with Crippen LogP contribution in [0.1, 0.15) is 26.5 Å². The summed E-state index contributed by atoms with van der Waals surface area (Å²) in [6, 6.07) is 3.48. The van der Waals surface area contributed by atoms with Gasteiger partial charge in [-0.3, -0.25) is 4.98 Å². The van der Waals surface area contributed by atoms with Crippen LogP contribution in [0.2, 0.25) is 0 Å². The zero-order chi connectivity index (χ0) is 15.5. The number of nitrogens with two attached hydrogens (primary N) is 1. The summed E-state index contributed by atoms with van der Waals surface area (Å²) in [5.41, 5.74) is 6.77. The van der Waals surface area contributed by atoms with Gasteiger partial charge >= 0.3 is 6.09 Å². The second kappa shape index (κ2) is 6.30. The van der Waals surface area contributed by atoms with E-state index in [9.17, 15) is 4.79 Å². The molecular weight excluding hydrogens is 270 g/mol. The van der Waals surface area contributed by atoms with Crippen LogP contribution in [0.25, 0.3) is 0 Å². The number of hydrogen-bond donors (Lipinski definition) is 1. The highest BCUT2D eigenvalue weighted by molar-refractivity contribution is 5.68. The van der Waals surface area contributed by atoms with Crippen molar-refractivity contribution in [2.24, 2.45) is 0 Å². The monoisotopic (exact) mass is 293 g/mol. The van der Waals surface area contributed by atoms with Gasteiger partial charge in [-0.15, -0.1) is 0 Å². The molecule has 6 nitrogen and oxygen atoms in total. The maximum absolute atomic E-state index is 12.3. The van der Waals surface area contributed by atoms with Gasteiger partial charge in [-0.1, -0.05) is 0 Å². The van der Waals surface area contributed by atoms with Crippen LogP contribution in [0.15, 0.2) is 18.3 Å². The normalized spacial score (nSPS) is 19.4. The fraction of sp³-hybridized carbons (Fsp3) is 0.600. The second-order valence-corrected chi connectivity index (χ2v) is 6.19. The van der Waals surface area contributed by atoms with Crippen molar-refractivity contribution < 1.29 is 14.3 Å². The Bertz CT molecular complexity index is 499. The number of nitrogen functional groups attached to an aromatic ring is 1. The summed E-state index contributed by atoms with van der Waals surface area (Å²) >= 11 is 0. The minimum Gasteiger partial charge on any atom is -0.444 e. The number of aromatic nitrogens is 1. The first-order chi connectivity index (χ1) is 9.85. The molecule has 1 aliphatic heterocycles. The topological polar surface area (TPSA) is 77.7 Å². The minimum absolute atomic E-state index is 0.0806. The second-order valence-electron chi connectivity index (χ2n) is 6.19. The summed E-state index contributed by atoms with van der Waals surface area (Å²) in [6.07, 6.45) is 1.97. The molecule has 2 N–H and O–H groups in total. The molecule has 0 saturated carbocycles. The average molecular weight is 293 g/mol. The largest absolute Gasteiger partial charge is 0.444 e. The molecule has 6 heteroatoms. The van der Waals surface area contributed by atoms with E-state index in [0.29, 0.717) is 31.9 Å². The van der Waals surface area contributed by atoms with Crippen molar-refractivity contribution in [3.05, 3.63) is 24.0 Å². The van der Waals surface area contributed by atoms with Crippen molar-refractivity contribution >= 4 is 11.8 Å². The van der Waals surface area contributed by atoms with E-state index < -0.39 is 5.60 Å². The Kier molecular flexibility index (Phi) is 4.67. The summed E-state index contributed by atoms with van der Waals surface area (Å²) in [5, 5.41) is 0. The lowest BCUT2D eigenvalue weighted by molar-refractivity contribution is -0.0321. The van der Waals surface area contributed by atoms with Crippen molar-refractivity contribution in [2.45, 2.75) is 38.8 Å². The third kappa shape index (κ3) is 4.60.